The van der Waals surface area contributed by atoms with E-state index in [1.165, 1.54) is 0 Å². The average Bonchev–Trinajstić information content (AvgIpc) is 2.82. The fourth-order valence-corrected chi connectivity index (χ4v) is 2.54. The Morgan fingerprint density at radius 3 is 2.85 bits per heavy atom. The molecule has 0 unspecified atom stereocenters. The third kappa shape index (κ3) is 3.12. The van der Waals surface area contributed by atoms with E-state index in [0.717, 1.165) is 17.3 Å². The van der Waals surface area contributed by atoms with Crippen molar-refractivity contribution >= 4 is 29.3 Å². The fourth-order valence-electron chi connectivity index (χ4n) is 1.66. The summed E-state index contributed by atoms with van der Waals surface area (Å²) < 4.78 is 1.57. The van der Waals surface area contributed by atoms with E-state index in [-0.39, 0.29) is 12.4 Å². The highest BCUT2D eigenvalue weighted by atomic mass is 35.5. The molecular weight excluding hydrogens is 302 g/mol. The van der Waals surface area contributed by atoms with Crippen molar-refractivity contribution in [3.8, 4) is 5.69 Å². The predicted molar refractivity (Wildman–Crippen MR) is 75.4 cm³/mol. The first kappa shape index (κ1) is 14.8. The number of carboxylic acid groups (broad SMARTS) is 1. The summed E-state index contributed by atoms with van der Waals surface area (Å²) in [6.45, 7) is 1.60. The molecule has 1 aromatic carbocycles. The number of aryl methyl sites for hydroxylation is 1. The lowest BCUT2D eigenvalue weighted by Gasteiger charge is -2.11. The molecule has 0 aliphatic carbocycles. The molecule has 0 atom stereocenters. The van der Waals surface area contributed by atoms with Gasteiger partial charge in [0.2, 0.25) is 0 Å². The van der Waals surface area contributed by atoms with E-state index in [1.54, 1.807) is 10.6 Å². The zero-order valence-electron chi connectivity index (χ0n) is 10.6. The Bertz CT molecular complexity index is 645. The van der Waals surface area contributed by atoms with Crippen LogP contribution in [0.3, 0.4) is 0 Å². The Balaban J connectivity index is 2.50. The zero-order valence-corrected chi connectivity index (χ0v) is 12.1. The van der Waals surface area contributed by atoms with Crippen LogP contribution in [0.1, 0.15) is 11.4 Å². The summed E-state index contributed by atoms with van der Waals surface area (Å²) in [6, 6.07) is 5.42. The average molecular weight is 314 g/mol. The van der Waals surface area contributed by atoms with Crippen LogP contribution in [0.5, 0.6) is 0 Å². The maximum atomic E-state index is 10.7. The van der Waals surface area contributed by atoms with Gasteiger partial charge >= 0.3 is 5.97 Å². The van der Waals surface area contributed by atoms with E-state index in [0.29, 0.717) is 21.7 Å². The minimum atomic E-state index is -0.953. The standard InChI is InChI=1S/C12H12ClN3O3S/c1-7-2-3-8(13)9(4-7)16-10(5-17)14-15-12(16)20-6-11(18)19/h2-4,17H,5-6H2,1H3,(H,18,19). The second kappa shape index (κ2) is 6.25. The molecule has 2 aromatic rings. The van der Waals surface area contributed by atoms with Gasteiger partial charge in [-0.3, -0.25) is 9.36 Å². The summed E-state index contributed by atoms with van der Waals surface area (Å²) in [7, 11) is 0. The number of aliphatic hydroxyl groups excluding tert-OH is 1. The highest BCUT2D eigenvalue weighted by molar-refractivity contribution is 7.99. The van der Waals surface area contributed by atoms with Crippen molar-refractivity contribution in [2.75, 3.05) is 5.75 Å². The van der Waals surface area contributed by atoms with Gasteiger partial charge < -0.3 is 10.2 Å². The van der Waals surface area contributed by atoms with E-state index in [1.807, 2.05) is 19.1 Å². The SMILES string of the molecule is Cc1ccc(Cl)c(-n2c(CO)nnc2SCC(=O)O)c1. The molecule has 6 nitrogen and oxygen atoms in total. The Hall–Kier alpha value is -1.57. The largest absolute Gasteiger partial charge is 0.481 e. The van der Waals surface area contributed by atoms with Crippen molar-refractivity contribution in [2.45, 2.75) is 18.7 Å². The van der Waals surface area contributed by atoms with Crippen LogP contribution in [0.2, 0.25) is 5.02 Å². The fraction of sp³-hybridized carbons (Fsp3) is 0.250. The molecule has 0 radical (unpaired) electrons. The summed E-state index contributed by atoms with van der Waals surface area (Å²) in [5.41, 5.74) is 1.60. The second-order valence-corrected chi connectivity index (χ2v) is 5.38. The van der Waals surface area contributed by atoms with Gasteiger partial charge in [-0.15, -0.1) is 10.2 Å². The molecule has 0 saturated carbocycles. The van der Waals surface area contributed by atoms with Crippen LogP contribution in [0.15, 0.2) is 23.4 Å². The van der Waals surface area contributed by atoms with Crippen LogP contribution in [0.25, 0.3) is 5.69 Å². The number of aliphatic carboxylic acids is 1. The first-order valence-electron chi connectivity index (χ1n) is 5.69. The molecule has 1 aromatic heterocycles. The number of carboxylic acids is 1. The molecule has 0 aliphatic rings. The van der Waals surface area contributed by atoms with E-state index in [2.05, 4.69) is 10.2 Å². The lowest BCUT2D eigenvalue weighted by Crippen LogP contribution is -2.05. The molecule has 1 heterocycles. The summed E-state index contributed by atoms with van der Waals surface area (Å²) in [5, 5.41) is 26.7. The number of thioether (sulfide) groups is 1. The van der Waals surface area contributed by atoms with Crippen LogP contribution in [0.4, 0.5) is 0 Å². The summed E-state index contributed by atoms with van der Waals surface area (Å²) >= 11 is 7.19. The molecule has 20 heavy (non-hydrogen) atoms. The van der Waals surface area contributed by atoms with E-state index < -0.39 is 5.97 Å². The maximum absolute atomic E-state index is 10.7. The second-order valence-electron chi connectivity index (χ2n) is 4.03. The minimum absolute atomic E-state index is 0.146. The van der Waals surface area contributed by atoms with Crippen LogP contribution >= 0.6 is 23.4 Å². The molecule has 106 valence electrons. The molecule has 0 spiro atoms. The highest BCUT2D eigenvalue weighted by Gasteiger charge is 2.17. The first-order chi connectivity index (χ1) is 9.52. The third-order valence-electron chi connectivity index (χ3n) is 2.51. The van der Waals surface area contributed by atoms with Crippen molar-refractivity contribution in [3.63, 3.8) is 0 Å². The topological polar surface area (TPSA) is 88.2 Å². The number of carbonyl (C=O) groups is 1. The van der Waals surface area contributed by atoms with Crippen LogP contribution in [0, 0.1) is 6.92 Å². The number of halogens is 1. The van der Waals surface area contributed by atoms with Gasteiger partial charge in [-0.2, -0.15) is 0 Å². The van der Waals surface area contributed by atoms with Crippen LogP contribution in [-0.2, 0) is 11.4 Å². The number of benzene rings is 1. The van der Waals surface area contributed by atoms with Crippen molar-refractivity contribution in [3.05, 3.63) is 34.6 Å². The number of nitrogens with zero attached hydrogens (tertiary/aromatic N) is 3. The van der Waals surface area contributed by atoms with E-state index >= 15 is 0 Å². The van der Waals surface area contributed by atoms with E-state index in [4.69, 9.17) is 16.7 Å². The Morgan fingerprint density at radius 2 is 2.20 bits per heavy atom. The number of rotatable bonds is 5. The molecule has 2 N–H and O–H groups in total. The molecule has 0 amide bonds. The molecule has 0 fully saturated rings. The van der Waals surface area contributed by atoms with Crippen LogP contribution < -0.4 is 0 Å². The van der Waals surface area contributed by atoms with Crippen molar-refractivity contribution in [1.82, 2.24) is 14.8 Å². The molecule has 0 bridgehead atoms. The van der Waals surface area contributed by atoms with Crippen molar-refractivity contribution in [2.24, 2.45) is 0 Å². The van der Waals surface area contributed by atoms with Crippen molar-refractivity contribution < 1.29 is 15.0 Å². The summed E-state index contributed by atoms with van der Waals surface area (Å²) in [4.78, 5) is 10.7. The Kier molecular flexibility index (Phi) is 4.64. The number of hydrogen-bond donors (Lipinski definition) is 2. The normalized spacial score (nSPS) is 10.8. The molecule has 0 aliphatic heterocycles. The van der Waals surface area contributed by atoms with E-state index in [9.17, 15) is 9.90 Å². The molecule has 8 heteroatoms. The monoisotopic (exact) mass is 313 g/mol. The summed E-state index contributed by atoms with van der Waals surface area (Å²) in [5.74, 6) is -0.789. The lowest BCUT2D eigenvalue weighted by atomic mass is 10.2. The first-order valence-corrected chi connectivity index (χ1v) is 7.05. The van der Waals surface area contributed by atoms with Gasteiger partial charge in [0.1, 0.15) is 6.61 Å². The Morgan fingerprint density at radius 1 is 1.45 bits per heavy atom. The highest BCUT2D eigenvalue weighted by Crippen LogP contribution is 2.28. The van der Waals surface area contributed by atoms with Gasteiger partial charge in [0.15, 0.2) is 11.0 Å². The predicted octanol–water partition coefficient (Wildman–Crippen LogP) is 1.90. The van der Waals surface area contributed by atoms with Gasteiger partial charge in [-0.1, -0.05) is 29.4 Å². The quantitative estimate of drug-likeness (QED) is 0.820. The number of hydrogen-bond acceptors (Lipinski definition) is 5. The van der Waals surface area contributed by atoms with Gasteiger partial charge in [-0.25, -0.2) is 0 Å². The van der Waals surface area contributed by atoms with Gasteiger partial charge in [0, 0.05) is 0 Å². The van der Waals surface area contributed by atoms with Gasteiger partial charge in [0.25, 0.3) is 0 Å². The minimum Gasteiger partial charge on any atom is -0.481 e. The lowest BCUT2D eigenvalue weighted by molar-refractivity contribution is -0.133. The van der Waals surface area contributed by atoms with Crippen LogP contribution in [-0.4, -0.2) is 36.7 Å². The third-order valence-corrected chi connectivity index (χ3v) is 3.74. The molecular formula is C12H12ClN3O3S. The van der Waals surface area contributed by atoms with Gasteiger partial charge in [-0.05, 0) is 24.6 Å². The smallest absolute Gasteiger partial charge is 0.313 e. The van der Waals surface area contributed by atoms with Crippen molar-refractivity contribution in [1.29, 1.82) is 0 Å². The van der Waals surface area contributed by atoms with Gasteiger partial charge in [0.05, 0.1) is 16.5 Å². The molecule has 2 rings (SSSR count). The zero-order chi connectivity index (χ0) is 14.7. The molecule has 0 saturated heterocycles. The maximum Gasteiger partial charge on any atom is 0.313 e. The Labute approximate surface area is 124 Å². The number of aromatic nitrogens is 3. The summed E-state index contributed by atoms with van der Waals surface area (Å²) in [6.07, 6.45) is 0. The number of aliphatic hydroxyl groups is 1.